The molecule has 0 bridgehead atoms. The molecule has 0 aliphatic carbocycles. The van der Waals surface area contributed by atoms with Crippen LogP contribution in [0.4, 0.5) is 0 Å². The third kappa shape index (κ3) is 3.95. The fraction of sp³-hybridized carbons (Fsp3) is 0.500. The number of hydrogen-bond acceptors (Lipinski definition) is 4. The highest BCUT2D eigenvalue weighted by molar-refractivity contribution is 8.06. The molecular weight excluding hydrogens is 307 g/mol. The number of hydrazine groups is 1. The van der Waals surface area contributed by atoms with Crippen molar-refractivity contribution in [1.82, 2.24) is 5.43 Å². The lowest BCUT2D eigenvalue weighted by molar-refractivity contribution is 0.523. The van der Waals surface area contributed by atoms with Crippen LogP contribution >= 0.6 is 46.7 Å². The van der Waals surface area contributed by atoms with Gasteiger partial charge in [0.25, 0.3) is 0 Å². The summed E-state index contributed by atoms with van der Waals surface area (Å²) in [6, 6.07) is 5.81. The molecule has 2 atom stereocenters. The molecular formula is C12H16Cl2N2S2. The molecule has 3 N–H and O–H groups in total. The molecule has 1 aliphatic rings. The summed E-state index contributed by atoms with van der Waals surface area (Å²) in [5, 5.41) is 2.01. The van der Waals surface area contributed by atoms with Gasteiger partial charge in [0.05, 0.1) is 0 Å². The summed E-state index contributed by atoms with van der Waals surface area (Å²) in [6.45, 7) is 0. The summed E-state index contributed by atoms with van der Waals surface area (Å²) in [6.07, 6.45) is 0.814. The molecule has 18 heavy (non-hydrogen) atoms. The Kier molecular flexibility index (Phi) is 5.98. The first-order valence-electron chi connectivity index (χ1n) is 5.80. The Morgan fingerprint density at radius 3 is 2.89 bits per heavy atom. The van der Waals surface area contributed by atoms with E-state index in [4.69, 9.17) is 29.0 Å². The molecule has 100 valence electrons. The molecule has 1 fully saturated rings. The highest BCUT2D eigenvalue weighted by atomic mass is 35.5. The number of hydrogen-bond donors (Lipinski definition) is 2. The third-order valence-corrected chi connectivity index (χ3v) is 6.48. The Labute approximate surface area is 126 Å². The number of thioether (sulfide) groups is 2. The molecule has 1 aromatic carbocycles. The number of rotatable bonds is 4. The molecule has 0 radical (unpaired) electrons. The van der Waals surface area contributed by atoms with Gasteiger partial charge in [0.15, 0.2) is 0 Å². The van der Waals surface area contributed by atoms with E-state index < -0.39 is 0 Å². The van der Waals surface area contributed by atoms with Gasteiger partial charge in [-0.25, -0.2) is 0 Å². The van der Waals surface area contributed by atoms with Crippen molar-refractivity contribution in [3.63, 3.8) is 0 Å². The van der Waals surface area contributed by atoms with Gasteiger partial charge in [-0.2, -0.15) is 23.5 Å². The average molecular weight is 323 g/mol. The van der Waals surface area contributed by atoms with Gasteiger partial charge in [-0.3, -0.25) is 11.3 Å². The summed E-state index contributed by atoms with van der Waals surface area (Å²) in [4.78, 5) is 0. The van der Waals surface area contributed by atoms with Crippen molar-refractivity contribution in [2.24, 2.45) is 5.84 Å². The van der Waals surface area contributed by atoms with E-state index in [2.05, 4.69) is 5.43 Å². The van der Waals surface area contributed by atoms with Crippen LogP contribution in [0.3, 0.4) is 0 Å². The van der Waals surface area contributed by atoms with E-state index in [1.54, 1.807) is 0 Å². The first-order valence-corrected chi connectivity index (χ1v) is 8.76. The lowest BCUT2D eigenvalue weighted by Crippen LogP contribution is -2.46. The zero-order valence-electron chi connectivity index (χ0n) is 9.86. The molecule has 0 spiro atoms. The van der Waals surface area contributed by atoms with Crippen LogP contribution in [0.15, 0.2) is 18.2 Å². The van der Waals surface area contributed by atoms with Crippen molar-refractivity contribution in [2.45, 2.75) is 17.7 Å². The van der Waals surface area contributed by atoms with E-state index >= 15 is 0 Å². The first kappa shape index (κ1) is 14.8. The van der Waals surface area contributed by atoms with Crippen LogP contribution in [0.2, 0.25) is 10.0 Å². The van der Waals surface area contributed by atoms with Crippen LogP contribution < -0.4 is 11.3 Å². The minimum absolute atomic E-state index is 0.235. The van der Waals surface area contributed by atoms with Crippen LogP contribution in [0, 0.1) is 0 Å². The van der Waals surface area contributed by atoms with Crippen molar-refractivity contribution < 1.29 is 0 Å². The lowest BCUT2D eigenvalue weighted by Gasteiger charge is -2.29. The maximum Gasteiger partial charge on any atom is 0.0439 e. The standard InChI is InChI=1S/C12H16Cl2N2S2/c13-9-1-2-10(14)8(5-9)6-11(16-15)12-7-17-3-4-18-12/h1-2,5,11-12,16H,3-4,6-7,15H2. The van der Waals surface area contributed by atoms with Gasteiger partial charge in [0.1, 0.15) is 0 Å². The zero-order valence-corrected chi connectivity index (χ0v) is 13.0. The highest BCUT2D eigenvalue weighted by Gasteiger charge is 2.24. The van der Waals surface area contributed by atoms with Gasteiger partial charge >= 0.3 is 0 Å². The molecule has 2 rings (SSSR count). The van der Waals surface area contributed by atoms with E-state index in [1.807, 2.05) is 41.7 Å². The molecule has 2 unspecified atom stereocenters. The fourth-order valence-corrected chi connectivity index (χ4v) is 5.23. The minimum Gasteiger partial charge on any atom is -0.271 e. The normalized spacial score (nSPS) is 21.8. The number of nitrogens with two attached hydrogens (primary N) is 1. The second-order valence-corrected chi connectivity index (χ2v) is 7.54. The number of nitrogens with one attached hydrogen (secondary N) is 1. The van der Waals surface area contributed by atoms with Gasteiger partial charge in [0.2, 0.25) is 0 Å². The Balaban J connectivity index is 2.06. The molecule has 1 saturated heterocycles. The minimum atomic E-state index is 0.235. The summed E-state index contributed by atoms with van der Waals surface area (Å²) < 4.78 is 0. The monoisotopic (exact) mass is 322 g/mol. The molecule has 1 aromatic rings. The largest absolute Gasteiger partial charge is 0.271 e. The van der Waals surface area contributed by atoms with Crippen molar-refractivity contribution in [3.8, 4) is 0 Å². The van der Waals surface area contributed by atoms with E-state index in [0.29, 0.717) is 5.25 Å². The zero-order chi connectivity index (χ0) is 13.0. The first-order chi connectivity index (χ1) is 8.70. The van der Waals surface area contributed by atoms with Crippen LogP contribution in [-0.2, 0) is 6.42 Å². The maximum absolute atomic E-state index is 6.20. The molecule has 1 aliphatic heterocycles. The van der Waals surface area contributed by atoms with Gasteiger partial charge in [-0.1, -0.05) is 23.2 Å². The maximum atomic E-state index is 6.20. The molecule has 2 nitrogen and oxygen atoms in total. The topological polar surface area (TPSA) is 38.0 Å². The van der Waals surface area contributed by atoms with Crippen LogP contribution in [0.1, 0.15) is 5.56 Å². The van der Waals surface area contributed by atoms with E-state index in [9.17, 15) is 0 Å². The SMILES string of the molecule is NNC(Cc1cc(Cl)ccc1Cl)C1CSCCS1. The van der Waals surface area contributed by atoms with Gasteiger partial charge < -0.3 is 0 Å². The number of halogens is 2. The summed E-state index contributed by atoms with van der Waals surface area (Å²) >= 11 is 16.2. The summed E-state index contributed by atoms with van der Waals surface area (Å²) in [5.74, 6) is 9.25. The molecule has 0 aromatic heterocycles. The highest BCUT2D eigenvalue weighted by Crippen LogP contribution is 2.29. The smallest absolute Gasteiger partial charge is 0.0439 e. The quantitative estimate of drug-likeness (QED) is 0.659. The molecule has 0 saturated carbocycles. The van der Waals surface area contributed by atoms with Crippen LogP contribution in [0.5, 0.6) is 0 Å². The van der Waals surface area contributed by atoms with Crippen LogP contribution in [0.25, 0.3) is 0 Å². The average Bonchev–Trinajstić information content (AvgIpc) is 2.41. The Morgan fingerprint density at radius 2 is 2.22 bits per heavy atom. The summed E-state index contributed by atoms with van der Waals surface area (Å²) in [7, 11) is 0. The van der Waals surface area contributed by atoms with Gasteiger partial charge in [0, 0.05) is 38.6 Å². The van der Waals surface area contributed by atoms with E-state index in [1.165, 1.54) is 11.5 Å². The molecule has 1 heterocycles. The second-order valence-electron chi connectivity index (χ2n) is 4.20. The Bertz CT molecular complexity index is 398. The Morgan fingerprint density at radius 1 is 1.39 bits per heavy atom. The van der Waals surface area contributed by atoms with E-state index in [-0.39, 0.29) is 6.04 Å². The van der Waals surface area contributed by atoms with Crippen molar-refractivity contribution in [1.29, 1.82) is 0 Å². The predicted octanol–water partition coefficient (Wildman–Crippen LogP) is 3.22. The second kappa shape index (κ2) is 7.27. The van der Waals surface area contributed by atoms with E-state index in [0.717, 1.165) is 27.8 Å². The third-order valence-electron chi connectivity index (χ3n) is 2.95. The van der Waals surface area contributed by atoms with Gasteiger partial charge in [-0.05, 0) is 30.2 Å². The Hall–Kier alpha value is 0.420. The van der Waals surface area contributed by atoms with Gasteiger partial charge in [-0.15, -0.1) is 0 Å². The van der Waals surface area contributed by atoms with Crippen molar-refractivity contribution in [2.75, 3.05) is 17.3 Å². The van der Waals surface area contributed by atoms with Crippen LogP contribution in [-0.4, -0.2) is 28.6 Å². The van der Waals surface area contributed by atoms with Crippen molar-refractivity contribution in [3.05, 3.63) is 33.8 Å². The lowest BCUT2D eigenvalue weighted by atomic mass is 10.0. The predicted molar refractivity (Wildman–Crippen MR) is 84.8 cm³/mol. The number of benzene rings is 1. The fourth-order valence-electron chi connectivity index (χ4n) is 1.97. The molecule has 6 heteroatoms. The molecule has 0 amide bonds. The van der Waals surface area contributed by atoms with Crippen molar-refractivity contribution >= 4 is 46.7 Å². The summed E-state index contributed by atoms with van der Waals surface area (Å²) in [5.41, 5.74) is 3.99.